The van der Waals surface area contributed by atoms with E-state index >= 15 is 0 Å². The summed E-state index contributed by atoms with van der Waals surface area (Å²) in [7, 11) is 1.55. The number of rotatable bonds is 7. The Balaban J connectivity index is 3.28. The fourth-order valence-corrected chi connectivity index (χ4v) is 3.42. The fraction of sp³-hybridized carbons (Fsp3) is 0.571. The van der Waals surface area contributed by atoms with E-state index in [4.69, 9.17) is 4.74 Å². The summed E-state index contributed by atoms with van der Waals surface area (Å²) >= 11 is 0. The van der Waals surface area contributed by atoms with Crippen LogP contribution in [0.1, 0.15) is 19.4 Å². The van der Waals surface area contributed by atoms with E-state index < -0.39 is 10.0 Å². The van der Waals surface area contributed by atoms with E-state index in [2.05, 4.69) is 5.32 Å². The first-order valence-corrected chi connectivity index (χ1v) is 8.08. The van der Waals surface area contributed by atoms with Crippen molar-refractivity contribution < 1.29 is 13.2 Å². The number of likely N-dealkylation sites (N-methyl/N-ethyl adjacent to an activating group) is 1. The molecular formula is C14H24N2O3S. The zero-order chi connectivity index (χ0) is 15.3. The van der Waals surface area contributed by atoms with Crippen molar-refractivity contribution in [2.75, 3.05) is 27.7 Å². The van der Waals surface area contributed by atoms with Crippen LogP contribution in [0.25, 0.3) is 0 Å². The van der Waals surface area contributed by atoms with E-state index in [1.54, 1.807) is 32.4 Å². The molecule has 0 unspecified atom stereocenters. The van der Waals surface area contributed by atoms with Crippen LogP contribution in [-0.2, 0) is 16.4 Å². The number of hydrogen-bond acceptors (Lipinski definition) is 4. The Morgan fingerprint density at radius 2 is 2.00 bits per heavy atom. The fourth-order valence-electron chi connectivity index (χ4n) is 1.82. The van der Waals surface area contributed by atoms with Crippen LogP contribution in [0, 0.1) is 0 Å². The van der Waals surface area contributed by atoms with Gasteiger partial charge in [0, 0.05) is 13.1 Å². The summed E-state index contributed by atoms with van der Waals surface area (Å²) in [5.74, 6) is 0.669. The van der Waals surface area contributed by atoms with Crippen LogP contribution < -0.4 is 10.1 Å². The second-order valence-corrected chi connectivity index (χ2v) is 6.91. The molecule has 5 nitrogen and oxygen atoms in total. The van der Waals surface area contributed by atoms with E-state index in [-0.39, 0.29) is 6.04 Å². The number of sulfonamides is 1. The minimum absolute atomic E-state index is 0.0840. The number of methoxy groups -OCH3 is 1. The van der Waals surface area contributed by atoms with E-state index in [0.717, 1.165) is 5.56 Å². The number of nitrogens with one attached hydrogen (secondary N) is 1. The first-order chi connectivity index (χ1) is 9.34. The minimum Gasteiger partial charge on any atom is -0.497 e. The zero-order valence-corrected chi connectivity index (χ0v) is 13.6. The molecule has 20 heavy (non-hydrogen) atoms. The van der Waals surface area contributed by atoms with Gasteiger partial charge >= 0.3 is 0 Å². The molecule has 0 amide bonds. The van der Waals surface area contributed by atoms with Crippen molar-refractivity contribution in [1.82, 2.24) is 9.62 Å². The molecule has 0 atom stereocenters. The molecule has 114 valence electrons. The van der Waals surface area contributed by atoms with Crippen LogP contribution in [0.15, 0.2) is 23.1 Å². The van der Waals surface area contributed by atoms with Crippen LogP contribution in [0.3, 0.4) is 0 Å². The third kappa shape index (κ3) is 3.71. The predicted molar refractivity (Wildman–Crippen MR) is 80.7 cm³/mol. The molecule has 0 saturated carbocycles. The first kappa shape index (κ1) is 16.9. The van der Waals surface area contributed by atoms with Gasteiger partial charge in [0.1, 0.15) is 5.75 Å². The monoisotopic (exact) mass is 300 g/mol. The molecule has 1 N–H and O–H groups in total. The second-order valence-electron chi connectivity index (χ2n) is 4.94. The molecule has 0 radical (unpaired) electrons. The number of hydrogen-bond donors (Lipinski definition) is 1. The molecule has 1 aromatic carbocycles. The lowest BCUT2D eigenvalue weighted by Crippen LogP contribution is -2.33. The molecule has 1 aromatic rings. The Labute approximate surface area is 122 Å². The van der Waals surface area contributed by atoms with Crippen molar-refractivity contribution in [3.8, 4) is 5.75 Å². The summed E-state index contributed by atoms with van der Waals surface area (Å²) in [5, 5.41) is 3.04. The smallest absolute Gasteiger partial charge is 0.243 e. The lowest BCUT2D eigenvalue weighted by atomic mass is 10.1. The molecular weight excluding hydrogens is 276 g/mol. The van der Waals surface area contributed by atoms with Crippen molar-refractivity contribution in [1.29, 1.82) is 0 Å². The standard InChI is InChI=1S/C14H24N2O3S/c1-11(2)16(4)20(17,18)14-7-6-13(19-5)10-12(14)8-9-15-3/h6-7,10-11,15H,8-9H2,1-5H3. The maximum absolute atomic E-state index is 12.6. The quantitative estimate of drug-likeness (QED) is 0.829. The molecule has 0 fully saturated rings. The highest BCUT2D eigenvalue weighted by atomic mass is 32.2. The maximum atomic E-state index is 12.6. The van der Waals surface area contributed by atoms with Gasteiger partial charge in [0.2, 0.25) is 10.0 Å². The molecule has 0 saturated heterocycles. The molecule has 6 heteroatoms. The molecule has 0 aromatic heterocycles. The van der Waals surface area contributed by atoms with Crippen LogP contribution in [0.4, 0.5) is 0 Å². The van der Waals surface area contributed by atoms with Crippen molar-refractivity contribution in [3.05, 3.63) is 23.8 Å². The van der Waals surface area contributed by atoms with Crippen molar-refractivity contribution >= 4 is 10.0 Å². The first-order valence-electron chi connectivity index (χ1n) is 6.64. The van der Waals surface area contributed by atoms with E-state index in [0.29, 0.717) is 23.6 Å². The van der Waals surface area contributed by atoms with Gasteiger partial charge in [-0.3, -0.25) is 0 Å². The zero-order valence-electron chi connectivity index (χ0n) is 12.8. The summed E-state index contributed by atoms with van der Waals surface area (Å²) in [6.45, 7) is 4.42. The van der Waals surface area contributed by atoms with Crippen molar-refractivity contribution in [3.63, 3.8) is 0 Å². The van der Waals surface area contributed by atoms with E-state index in [9.17, 15) is 8.42 Å². The third-order valence-corrected chi connectivity index (χ3v) is 5.43. The molecule has 0 aliphatic carbocycles. The van der Waals surface area contributed by atoms with Gasteiger partial charge in [-0.25, -0.2) is 8.42 Å². The van der Waals surface area contributed by atoms with Gasteiger partial charge in [0.15, 0.2) is 0 Å². The normalized spacial score (nSPS) is 12.2. The predicted octanol–water partition coefficient (Wildman–Crippen LogP) is 1.49. The van der Waals surface area contributed by atoms with Gasteiger partial charge in [-0.1, -0.05) is 0 Å². The Morgan fingerprint density at radius 3 is 2.50 bits per heavy atom. The van der Waals surface area contributed by atoms with Crippen LogP contribution in [0.5, 0.6) is 5.75 Å². The molecule has 0 bridgehead atoms. The number of benzene rings is 1. The average Bonchev–Trinajstić information content (AvgIpc) is 2.43. The Kier molecular flexibility index (Phi) is 5.98. The Morgan fingerprint density at radius 1 is 1.35 bits per heavy atom. The maximum Gasteiger partial charge on any atom is 0.243 e. The number of ether oxygens (including phenoxy) is 1. The Bertz CT molecular complexity index is 541. The highest BCUT2D eigenvalue weighted by Crippen LogP contribution is 2.25. The van der Waals surface area contributed by atoms with E-state index in [1.807, 2.05) is 20.9 Å². The molecule has 0 aliphatic rings. The Hall–Kier alpha value is -1.11. The lowest BCUT2D eigenvalue weighted by molar-refractivity contribution is 0.407. The molecule has 0 heterocycles. The number of nitrogens with zero attached hydrogens (tertiary/aromatic N) is 1. The molecule has 0 aliphatic heterocycles. The lowest BCUT2D eigenvalue weighted by Gasteiger charge is -2.23. The summed E-state index contributed by atoms with van der Waals surface area (Å²) in [6, 6.07) is 5.01. The topological polar surface area (TPSA) is 58.6 Å². The van der Waals surface area contributed by atoms with Crippen LogP contribution in [-0.4, -0.2) is 46.5 Å². The van der Waals surface area contributed by atoms with Gasteiger partial charge in [-0.05, 0) is 57.6 Å². The highest BCUT2D eigenvalue weighted by Gasteiger charge is 2.25. The SMILES string of the molecule is CNCCc1cc(OC)ccc1S(=O)(=O)N(C)C(C)C. The van der Waals surface area contributed by atoms with E-state index in [1.165, 1.54) is 4.31 Å². The second kappa shape index (κ2) is 7.06. The summed E-state index contributed by atoms with van der Waals surface area (Å²) in [6.07, 6.45) is 0.633. The van der Waals surface area contributed by atoms with Crippen molar-refractivity contribution in [2.45, 2.75) is 31.2 Å². The van der Waals surface area contributed by atoms with Crippen molar-refractivity contribution in [2.24, 2.45) is 0 Å². The van der Waals surface area contributed by atoms with Gasteiger partial charge in [-0.15, -0.1) is 0 Å². The molecule has 1 rings (SSSR count). The van der Waals surface area contributed by atoms with Gasteiger partial charge < -0.3 is 10.1 Å². The van der Waals surface area contributed by atoms with Gasteiger partial charge in [-0.2, -0.15) is 4.31 Å². The molecule has 0 spiro atoms. The van der Waals surface area contributed by atoms with Crippen LogP contribution >= 0.6 is 0 Å². The van der Waals surface area contributed by atoms with Gasteiger partial charge in [0.25, 0.3) is 0 Å². The average molecular weight is 300 g/mol. The minimum atomic E-state index is -3.47. The summed E-state index contributed by atoms with van der Waals surface area (Å²) in [5.41, 5.74) is 0.770. The van der Waals surface area contributed by atoms with Crippen LogP contribution in [0.2, 0.25) is 0 Å². The third-order valence-electron chi connectivity index (χ3n) is 3.30. The summed E-state index contributed by atoms with van der Waals surface area (Å²) < 4.78 is 31.8. The van der Waals surface area contributed by atoms with Gasteiger partial charge in [0.05, 0.1) is 12.0 Å². The summed E-state index contributed by atoms with van der Waals surface area (Å²) in [4.78, 5) is 0.352. The largest absolute Gasteiger partial charge is 0.497 e. The highest BCUT2D eigenvalue weighted by molar-refractivity contribution is 7.89.